The van der Waals surface area contributed by atoms with E-state index >= 15 is 0 Å². The molecule has 0 saturated carbocycles. The summed E-state index contributed by atoms with van der Waals surface area (Å²) in [6.07, 6.45) is 1.90. The van der Waals surface area contributed by atoms with Crippen molar-refractivity contribution in [2.75, 3.05) is 26.2 Å². The number of carbonyl (C=O) groups excluding carboxylic acids is 1. The molecule has 0 bridgehead atoms. The van der Waals surface area contributed by atoms with Crippen molar-refractivity contribution in [3.8, 4) is 0 Å². The van der Waals surface area contributed by atoms with Gasteiger partial charge in [-0.2, -0.15) is 0 Å². The van der Waals surface area contributed by atoms with Gasteiger partial charge in [-0.25, -0.2) is 0 Å². The Kier molecular flexibility index (Phi) is 4.76. The molecule has 1 aromatic rings. The second-order valence-corrected chi connectivity index (χ2v) is 5.02. The molecule has 1 fully saturated rings. The van der Waals surface area contributed by atoms with Crippen LogP contribution in [0.1, 0.15) is 18.9 Å². The van der Waals surface area contributed by atoms with Crippen LogP contribution in [0.15, 0.2) is 30.3 Å². The molecule has 1 unspecified atom stereocenters. The van der Waals surface area contributed by atoms with Gasteiger partial charge in [0.2, 0.25) is 5.91 Å². The predicted molar refractivity (Wildman–Crippen MR) is 73.4 cm³/mol. The van der Waals surface area contributed by atoms with Crippen molar-refractivity contribution in [1.29, 1.82) is 0 Å². The smallest absolute Gasteiger partial charge is 0.225 e. The van der Waals surface area contributed by atoms with E-state index < -0.39 is 0 Å². The molecule has 1 N–H and O–H groups in total. The zero-order valence-corrected chi connectivity index (χ0v) is 11.1. The first kappa shape index (κ1) is 13.1. The highest BCUT2D eigenvalue weighted by molar-refractivity contribution is 5.78. The molecule has 1 amide bonds. The molecule has 1 atom stereocenters. The Morgan fingerprint density at radius 2 is 2.06 bits per heavy atom. The molecule has 0 aromatic heterocycles. The summed E-state index contributed by atoms with van der Waals surface area (Å²) in [6.45, 7) is 5.72. The Morgan fingerprint density at radius 1 is 1.28 bits per heavy atom. The van der Waals surface area contributed by atoms with E-state index in [9.17, 15) is 4.79 Å². The van der Waals surface area contributed by atoms with Gasteiger partial charge in [0.25, 0.3) is 0 Å². The Balaban J connectivity index is 1.91. The number of carbonyl (C=O) groups is 1. The van der Waals surface area contributed by atoms with Crippen molar-refractivity contribution in [3.63, 3.8) is 0 Å². The number of nitrogens with one attached hydrogen (secondary N) is 1. The van der Waals surface area contributed by atoms with Crippen LogP contribution in [0.5, 0.6) is 0 Å². The van der Waals surface area contributed by atoms with E-state index in [1.165, 1.54) is 5.56 Å². The first-order valence-electron chi connectivity index (χ1n) is 6.81. The summed E-state index contributed by atoms with van der Waals surface area (Å²) in [5, 5.41) is 3.33. The van der Waals surface area contributed by atoms with E-state index in [-0.39, 0.29) is 5.92 Å². The van der Waals surface area contributed by atoms with Crippen molar-refractivity contribution in [2.45, 2.75) is 19.8 Å². The van der Waals surface area contributed by atoms with Crippen LogP contribution in [0, 0.1) is 5.92 Å². The number of nitrogens with zero attached hydrogens (tertiary/aromatic N) is 1. The normalized spacial score (nSPS) is 18.2. The molecule has 1 heterocycles. The van der Waals surface area contributed by atoms with Crippen LogP contribution in [-0.4, -0.2) is 37.0 Å². The van der Waals surface area contributed by atoms with Crippen molar-refractivity contribution >= 4 is 5.91 Å². The van der Waals surface area contributed by atoms with Crippen LogP contribution in [0.25, 0.3) is 0 Å². The van der Waals surface area contributed by atoms with E-state index in [0.29, 0.717) is 5.91 Å². The fourth-order valence-corrected chi connectivity index (χ4v) is 2.43. The molecule has 1 saturated heterocycles. The van der Waals surface area contributed by atoms with E-state index in [0.717, 1.165) is 39.0 Å². The summed E-state index contributed by atoms with van der Waals surface area (Å²) >= 11 is 0. The number of hydrogen-bond donors (Lipinski definition) is 1. The molecule has 1 aliphatic rings. The molecule has 0 spiro atoms. The van der Waals surface area contributed by atoms with Crippen LogP contribution in [0.3, 0.4) is 0 Å². The summed E-state index contributed by atoms with van der Waals surface area (Å²) in [6, 6.07) is 10.3. The van der Waals surface area contributed by atoms with Gasteiger partial charge in [0.1, 0.15) is 0 Å². The number of amides is 1. The molecule has 3 nitrogen and oxygen atoms in total. The Bertz CT molecular complexity index is 369. The zero-order chi connectivity index (χ0) is 12.8. The van der Waals surface area contributed by atoms with Gasteiger partial charge in [0.15, 0.2) is 0 Å². The highest BCUT2D eigenvalue weighted by Crippen LogP contribution is 2.12. The third-order valence-corrected chi connectivity index (χ3v) is 3.46. The largest absolute Gasteiger partial charge is 0.341 e. The summed E-state index contributed by atoms with van der Waals surface area (Å²) < 4.78 is 0. The summed E-state index contributed by atoms with van der Waals surface area (Å²) in [5.74, 6) is 0.369. The van der Waals surface area contributed by atoms with Crippen molar-refractivity contribution in [3.05, 3.63) is 35.9 Å². The number of hydrogen-bond acceptors (Lipinski definition) is 2. The minimum atomic E-state index is 0.0745. The summed E-state index contributed by atoms with van der Waals surface area (Å²) in [5.41, 5.74) is 1.24. The Labute approximate surface area is 109 Å². The fourth-order valence-electron chi connectivity index (χ4n) is 2.43. The predicted octanol–water partition coefficient (Wildman–Crippen LogP) is 1.69. The standard InChI is InChI=1S/C15H22N2O/c1-13(12-14-6-3-2-4-7-14)15(18)17-10-5-8-16-9-11-17/h2-4,6-7,13,16H,5,8-12H2,1H3. The second kappa shape index (κ2) is 6.55. The molecule has 0 aliphatic carbocycles. The van der Waals surface area contributed by atoms with Gasteiger partial charge < -0.3 is 10.2 Å². The van der Waals surface area contributed by atoms with Crippen LogP contribution in [0.2, 0.25) is 0 Å². The van der Waals surface area contributed by atoms with Crippen LogP contribution >= 0.6 is 0 Å². The first-order valence-corrected chi connectivity index (χ1v) is 6.81. The topological polar surface area (TPSA) is 32.3 Å². The maximum absolute atomic E-state index is 12.4. The summed E-state index contributed by atoms with van der Waals surface area (Å²) in [4.78, 5) is 14.4. The average molecular weight is 246 g/mol. The molecule has 98 valence electrons. The highest BCUT2D eigenvalue weighted by Gasteiger charge is 2.21. The first-order chi connectivity index (χ1) is 8.77. The molecular weight excluding hydrogens is 224 g/mol. The molecule has 18 heavy (non-hydrogen) atoms. The van der Waals surface area contributed by atoms with Gasteiger partial charge in [-0.3, -0.25) is 4.79 Å². The van der Waals surface area contributed by atoms with Crippen molar-refractivity contribution in [2.24, 2.45) is 5.92 Å². The Hall–Kier alpha value is -1.35. The van der Waals surface area contributed by atoms with Gasteiger partial charge in [-0.1, -0.05) is 37.3 Å². The molecule has 1 aromatic carbocycles. The lowest BCUT2D eigenvalue weighted by molar-refractivity contribution is -0.134. The number of rotatable bonds is 3. The third-order valence-electron chi connectivity index (χ3n) is 3.46. The third kappa shape index (κ3) is 3.57. The maximum atomic E-state index is 12.4. The minimum Gasteiger partial charge on any atom is -0.341 e. The fraction of sp³-hybridized carbons (Fsp3) is 0.533. The van der Waals surface area contributed by atoms with Gasteiger partial charge in [0.05, 0.1) is 0 Å². The van der Waals surface area contributed by atoms with E-state index in [1.807, 2.05) is 30.0 Å². The average Bonchev–Trinajstić information content (AvgIpc) is 2.68. The summed E-state index contributed by atoms with van der Waals surface area (Å²) in [7, 11) is 0. The highest BCUT2D eigenvalue weighted by atomic mass is 16.2. The lowest BCUT2D eigenvalue weighted by Crippen LogP contribution is -2.38. The molecule has 0 radical (unpaired) electrons. The SMILES string of the molecule is CC(Cc1ccccc1)C(=O)N1CCCNCC1. The van der Waals surface area contributed by atoms with E-state index in [2.05, 4.69) is 17.4 Å². The van der Waals surface area contributed by atoms with Crippen LogP contribution in [0.4, 0.5) is 0 Å². The minimum absolute atomic E-state index is 0.0745. The Morgan fingerprint density at radius 3 is 2.83 bits per heavy atom. The number of benzene rings is 1. The quantitative estimate of drug-likeness (QED) is 0.880. The molecule has 3 heteroatoms. The zero-order valence-electron chi connectivity index (χ0n) is 11.1. The van der Waals surface area contributed by atoms with Crippen molar-refractivity contribution < 1.29 is 4.79 Å². The lowest BCUT2D eigenvalue weighted by atomic mass is 10.00. The van der Waals surface area contributed by atoms with E-state index in [1.54, 1.807) is 0 Å². The molecule has 1 aliphatic heterocycles. The van der Waals surface area contributed by atoms with Gasteiger partial charge in [0, 0.05) is 25.6 Å². The van der Waals surface area contributed by atoms with Crippen LogP contribution < -0.4 is 5.32 Å². The molecular formula is C15H22N2O. The van der Waals surface area contributed by atoms with Crippen LogP contribution in [-0.2, 0) is 11.2 Å². The van der Waals surface area contributed by atoms with Gasteiger partial charge in [-0.15, -0.1) is 0 Å². The van der Waals surface area contributed by atoms with Gasteiger partial charge in [-0.05, 0) is 24.9 Å². The molecule has 2 rings (SSSR count). The van der Waals surface area contributed by atoms with Gasteiger partial charge >= 0.3 is 0 Å². The lowest BCUT2D eigenvalue weighted by Gasteiger charge is -2.23. The van der Waals surface area contributed by atoms with E-state index in [4.69, 9.17) is 0 Å². The maximum Gasteiger partial charge on any atom is 0.225 e. The monoisotopic (exact) mass is 246 g/mol. The second-order valence-electron chi connectivity index (χ2n) is 5.02. The van der Waals surface area contributed by atoms with Crippen molar-refractivity contribution in [1.82, 2.24) is 10.2 Å².